The maximum absolute atomic E-state index is 14.1. The number of aliphatic imine (C=N–C) groups is 1. The van der Waals surface area contributed by atoms with Gasteiger partial charge in [0.2, 0.25) is 6.08 Å². The molecule has 0 bridgehead atoms. The molecule has 2 N–H and O–H groups in total. The van der Waals surface area contributed by atoms with E-state index in [2.05, 4.69) is 20.5 Å². The third-order valence-electron chi connectivity index (χ3n) is 8.39. The summed E-state index contributed by atoms with van der Waals surface area (Å²) in [5.41, 5.74) is -0.848. The number of halogens is 4. The van der Waals surface area contributed by atoms with E-state index >= 15 is 0 Å². The van der Waals surface area contributed by atoms with Gasteiger partial charge in [0.05, 0.1) is 16.0 Å². The van der Waals surface area contributed by atoms with Crippen LogP contribution in [0.1, 0.15) is 91.2 Å². The highest BCUT2D eigenvalue weighted by Gasteiger charge is 2.49. The van der Waals surface area contributed by atoms with Crippen molar-refractivity contribution in [3.05, 3.63) is 64.7 Å². The number of amides is 2. The molecule has 0 unspecified atom stereocenters. The fourth-order valence-electron chi connectivity index (χ4n) is 6.06. The lowest BCUT2D eigenvalue weighted by Gasteiger charge is -2.45. The largest absolute Gasteiger partial charge is 0.416 e. The summed E-state index contributed by atoms with van der Waals surface area (Å²) < 4.78 is 66.3. The summed E-state index contributed by atoms with van der Waals surface area (Å²) in [4.78, 5) is 27.5. The molecule has 2 aliphatic rings. The number of nitrogens with zero attached hydrogens (tertiary/aromatic N) is 2. The number of hydrogen-bond donors (Lipinski definition) is 2. The first-order valence-electron chi connectivity index (χ1n) is 15.8. The maximum Gasteiger partial charge on any atom is 0.416 e. The van der Waals surface area contributed by atoms with Gasteiger partial charge in [-0.1, -0.05) is 23.7 Å². The number of urea groups is 1. The summed E-state index contributed by atoms with van der Waals surface area (Å²) in [7, 11) is -4.03. The van der Waals surface area contributed by atoms with Gasteiger partial charge in [-0.05, 0) is 122 Å². The van der Waals surface area contributed by atoms with Crippen molar-refractivity contribution >= 4 is 33.5 Å². The number of rotatable bonds is 5. The molecule has 13 heteroatoms. The van der Waals surface area contributed by atoms with E-state index < -0.39 is 26.3 Å². The Kier molecular flexibility index (Phi) is 12.4. The molecule has 2 fully saturated rings. The Morgan fingerprint density at radius 2 is 1.45 bits per heavy atom. The molecule has 1 saturated heterocycles. The van der Waals surface area contributed by atoms with Gasteiger partial charge in [0.15, 0.2) is 9.84 Å². The van der Waals surface area contributed by atoms with E-state index in [0.29, 0.717) is 36.3 Å². The third kappa shape index (κ3) is 10.5. The standard InChI is InChI=1S/C29H37ClF3N3O3S.C5H9NO/c1-27(2,3)35-26(37)34-23-14-18-36(19-15-23)24-12-16-28(17-13-24,20-4-8-22(30)9-5-20)40(38,39)25-10-6-21(7-11-25)29(31,32)33;1-5(2,3)6-4-7/h4-11,23-24H,12-19H2,1-3H3,(H2,34,35,37);1-3H3. The molecule has 1 heterocycles. The number of carbonyl (C=O) groups excluding carboxylic acids is 2. The summed E-state index contributed by atoms with van der Waals surface area (Å²) in [6.45, 7) is 12.9. The first-order valence-corrected chi connectivity index (χ1v) is 17.6. The summed E-state index contributed by atoms with van der Waals surface area (Å²) in [6, 6.07) is 10.6. The van der Waals surface area contributed by atoms with Gasteiger partial charge in [0.1, 0.15) is 4.75 Å². The quantitative estimate of drug-likeness (QED) is 0.246. The summed E-state index contributed by atoms with van der Waals surface area (Å²) in [5.74, 6) is 0. The van der Waals surface area contributed by atoms with Crippen molar-refractivity contribution in [2.75, 3.05) is 13.1 Å². The molecular weight excluding hydrogens is 653 g/mol. The number of benzene rings is 2. The zero-order chi connectivity index (χ0) is 35.3. The van der Waals surface area contributed by atoms with Crippen LogP contribution in [0.5, 0.6) is 0 Å². The molecule has 0 aromatic heterocycles. The number of sulfone groups is 1. The van der Waals surface area contributed by atoms with E-state index in [1.165, 1.54) is 6.08 Å². The van der Waals surface area contributed by atoms with Crippen molar-refractivity contribution < 1.29 is 31.2 Å². The van der Waals surface area contributed by atoms with Crippen LogP contribution in [-0.2, 0) is 25.6 Å². The zero-order valence-electron chi connectivity index (χ0n) is 27.9. The highest BCUT2D eigenvalue weighted by atomic mass is 35.5. The molecule has 0 radical (unpaired) electrons. The predicted molar refractivity (Wildman–Crippen MR) is 178 cm³/mol. The molecule has 47 heavy (non-hydrogen) atoms. The number of likely N-dealkylation sites (tertiary alicyclic amines) is 1. The molecule has 4 rings (SSSR count). The van der Waals surface area contributed by atoms with Gasteiger partial charge in [-0.2, -0.15) is 13.2 Å². The van der Waals surface area contributed by atoms with Crippen LogP contribution in [0.4, 0.5) is 18.0 Å². The van der Waals surface area contributed by atoms with E-state index in [-0.39, 0.29) is 34.1 Å². The van der Waals surface area contributed by atoms with Crippen LogP contribution in [0, 0.1) is 0 Å². The molecule has 0 atom stereocenters. The summed E-state index contributed by atoms with van der Waals surface area (Å²) >= 11 is 6.09. The smallest absolute Gasteiger partial charge is 0.335 e. The molecule has 2 aromatic carbocycles. The van der Waals surface area contributed by atoms with E-state index in [9.17, 15) is 31.2 Å². The average Bonchev–Trinajstić information content (AvgIpc) is 2.96. The molecule has 1 saturated carbocycles. The zero-order valence-corrected chi connectivity index (χ0v) is 29.5. The minimum Gasteiger partial charge on any atom is -0.335 e. The fraction of sp³-hybridized carbons (Fsp3) is 0.588. The van der Waals surface area contributed by atoms with Crippen molar-refractivity contribution in [2.24, 2.45) is 4.99 Å². The van der Waals surface area contributed by atoms with Crippen LogP contribution in [0.2, 0.25) is 5.02 Å². The molecule has 2 aromatic rings. The number of nitrogens with one attached hydrogen (secondary N) is 2. The van der Waals surface area contributed by atoms with Crippen LogP contribution in [0.15, 0.2) is 58.4 Å². The van der Waals surface area contributed by atoms with Gasteiger partial charge in [0.25, 0.3) is 0 Å². The van der Waals surface area contributed by atoms with Gasteiger partial charge in [-0.25, -0.2) is 23.0 Å². The Morgan fingerprint density at radius 1 is 0.915 bits per heavy atom. The van der Waals surface area contributed by atoms with Crippen LogP contribution in [-0.4, -0.2) is 61.7 Å². The Morgan fingerprint density at radius 3 is 1.87 bits per heavy atom. The second-order valence-electron chi connectivity index (χ2n) is 14.3. The van der Waals surface area contributed by atoms with Crippen molar-refractivity contribution in [1.82, 2.24) is 15.5 Å². The lowest BCUT2D eigenvalue weighted by Crippen LogP contribution is -2.54. The monoisotopic (exact) mass is 698 g/mol. The third-order valence-corrected chi connectivity index (χ3v) is 11.2. The average molecular weight is 699 g/mol. The first kappa shape index (κ1) is 38.5. The minimum absolute atomic E-state index is 0.0791. The first-order chi connectivity index (χ1) is 21.7. The van der Waals surface area contributed by atoms with Crippen molar-refractivity contribution in [2.45, 2.75) is 119 Å². The number of hydrogen-bond acceptors (Lipinski definition) is 6. The molecule has 0 spiro atoms. The fourth-order valence-corrected chi connectivity index (χ4v) is 8.35. The van der Waals surface area contributed by atoms with Crippen molar-refractivity contribution in [1.29, 1.82) is 0 Å². The SMILES string of the molecule is CC(C)(C)N=C=O.CC(C)(C)NC(=O)NC1CCN(C2CCC(c3ccc(Cl)cc3)(S(=O)(=O)c3ccc(C(F)(F)F)cc3)CC2)CC1. The molecule has 1 aliphatic carbocycles. The minimum atomic E-state index is -4.55. The molecule has 8 nitrogen and oxygen atoms in total. The Balaban J connectivity index is 0.000000771. The lowest BCUT2D eigenvalue weighted by atomic mass is 9.80. The summed E-state index contributed by atoms with van der Waals surface area (Å²) in [6.07, 6.45) is 0.490. The maximum atomic E-state index is 14.1. The molecule has 2 amide bonds. The number of alkyl halides is 3. The van der Waals surface area contributed by atoms with Gasteiger partial charge in [0, 0.05) is 35.7 Å². The second kappa shape index (κ2) is 15.1. The van der Waals surface area contributed by atoms with E-state index in [0.717, 1.165) is 50.2 Å². The Bertz CT molecular complexity index is 1500. The van der Waals surface area contributed by atoms with E-state index in [1.807, 2.05) is 41.5 Å². The van der Waals surface area contributed by atoms with Gasteiger partial charge in [-0.3, -0.25) is 0 Å². The van der Waals surface area contributed by atoms with Gasteiger partial charge >= 0.3 is 12.2 Å². The van der Waals surface area contributed by atoms with Crippen LogP contribution < -0.4 is 10.6 Å². The number of piperidine rings is 1. The number of isocyanates is 1. The normalized spacial score (nSPS) is 21.5. The van der Waals surface area contributed by atoms with Crippen LogP contribution in [0.3, 0.4) is 0 Å². The highest BCUT2D eigenvalue weighted by molar-refractivity contribution is 7.92. The van der Waals surface area contributed by atoms with Crippen molar-refractivity contribution in [3.63, 3.8) is 0 Å². The Hall–Kier alpha value is -2.92. The topological polar surface area (TPSA) is 108 Å². The van der Waals surface area contributed by atoms with Crippen molar-refractivity contribution in [3.8, 4) is 0 Å². The van der Waals surface area contributed by atoms with Gasteiger partial charge in [-0.15, -0.1) is 0 Å². The summed E-state index contributed by atoms with van der Waals surface area (Å²) in [5, 5.41) is 6.45. The van der Waals surface area contributed by atoms with Gasteiger partial charge < -0.3 is 15.5 Å². The van der Waals surface area contributed by atoms with E-state index in [4.69, 9.17) is 11.6 Å². The molecular formula is C34H46ClF3N4O4S. The number of carbonyl (C=O) groups is 1. The second-order valence-corrected chi connectivity index (χ2v) is 17.0. The van der Waals surface area contributed by atoms with Crippen LogP contribution in [0.25, 0.3) is 0 Å². The Labute approximate surface area is 281 Å². The highest BCUT2D eigenvalue weighted by Crippen LogP contribution is 2.48. The lowest BCUT2D eigenvalue weighted by molar-refractivity contribution is -0.137. The predicted octanol–water partition coefficient (Wildman–Crippen LogP) is 7.65. The van der Waals surface area contributed by atoms with E-state index in [1.54, 1.807) is 24.3 Å². The molecule has 260 valence electrons. The van der Waals surface area contributed by atoms with Crippen LogP contribution >= 0.6 is 11.6 Å². The molecule has 1 aliphatic heterocycles.